The van der Waals surface area contributed by atoms with Crippen LogP contribution in [-0.4, -0.2) is 15.9 Å². The SMILES string of the molecule is CC(C)Oc1c(C(F)(F)F)cnn1-c1ccc(Cl)cc1Cl. The molecule has 0 bridgehead atoms. The van der Waals surface area contributed by atoms with Crippen LogP contribution in [0.25, 0.3) is 5.69 Å². The maximum Gasteiger partial charge on any atom is 0.423 e. The first-order valence-electron chi connectivity index (χ1n) is 5.97. The van der Waals surface area contributed by atoms with Crippen molar-refractivity contribution in [1.82, 2.24) is 9.78 Å². The molecule has 0 fully saturated rings. The van der Waals surface area contributed by atoms with Crippen molar-refractivity contribution in [2.24, 2.45) is 0 Å². The predicted octanol–water partition coefficient (Wildman–Crippen LogP) is 4.99. The molecule has 0 aliphatic carbocycles. The average Bonchev–Trinajstić information content (AvgIpc) is 2.71. The summed E-state index contributed by atoms with van der Waals surface area (Å²) in [4.78, 5) is 0. The van der Waals surface area contributed by atoms with Crippen molar-refractivity contribution in [2.75, 3.05) is 0 Å². The maximum atomic E-state index is 13.0. The normalized spacial score (nSPS) is 12.0. The third kappa shape index (κ3) is 3.44. The average molecular weight is 339 g/mol. The highest BCUT2D eigenvalue weighted by Gasteiger charge is 2.38. The van der Waals surface area contributed by atoms with Crippen LogP contribution in [0.4, 0.5) is 13.2 Å². The summed E-state index contributed by atoms with van der Waals surface area (Å²) in [7, 11) is 0. The molecule has 2 rings (SSSR count). The number of ether oxygens (including phenoxy) is 1. The molecule has 1 aromatic carbocycles. The van der Waals surface area contributed by atoms with Gasteiger partial charge in [0.2, 0.25) is 5.88 Å². The van der Waals surface area contributed by atoms with Gasteiger partial charge in [-0.2, -0.15) is 23.0 Å². The Morgan fingerprint density at radius 1 is 1.24 bits per heavy atom. The van der Waals surface area contributed by atoms with E-state index in [1.54, 1.807) is 13.8 Å². The van der Waals surface area contributed by atoms with E-state index in [0.29, 0.717) is 11.2 Å². The van der Waals surface area contributed by atoms with Gasteiger partial charge in [-0.1, -0.05) is 23.2 Å². The summed E-state index contributed by atoms with van der Waals surface area (Å²) < 4.78 is 45.3. The van der Waals surface area contributed by atoms with Crippen LogP contribution in [0.2, 0.25) is 10.0 Å². The Bertz CT molecular complexity index is 653. The first-order valence-corrected chi connectivity index (χ1v) is 6.73. The lowest BCUT2D eigenvalue weighted by Crippen LogP contribution is -2.14. The van der Waals surface area contributed by atoms with E-state index in [9.17, 15) is 13.2 Å². The van der Waals surface area contributed by atoms with Gasteiger partial charge in [0.25, 0.3) is 0 Å². The summed E-state index contributed by atoms with van der Waals surface area (Å²) in [6, 6.07) is 4.41. The van der Waals surface area contributed by atoms with Gasteiger partial charge in [0.1, 0.15) is 5.56 Å². The molecule has 114 valence electrons. The molecule has 0 spiro atoms. The largest absolute Gasteiger partial charge is 0.474 e. The first kappa shape index (κ1) is 16.0. The number of nitrogens with zero attached hydrogens (tertiary/aromatic N) is 2. The molecular weight excluding hydrogens is 328 g/mol. The lowest BCUT2D eigenvalue weighted by Gasteiger charge is -2.15. The number of hydrogen-bond acceptors (Lipinski definition) is 2. The summed E-state index contributed by atoms with van der Waals surface area (Å²) in [6.07, 6.45) is -4.31. The number of aromatic nitrogens is 2. The number of halogens is 5. The van der Waals surface area contributed by atoms with Crippen molar-refractivity contribution < 1.29 is 17.9 Å². The first-order chi connectivity index (χ1) is 9.70. The van der Waals surface area contributed by atoms with Crippen molar-refractivity contribution in [3.05, 3.63) is 40.0 Å². The van der Waals surface area contributed by atoms with Crippen LogP contribution in [0.1, 0.15) is 19.4 Å². The zero-order chi connectivity index (χ0) is 15.8. The molecule has 0 atom stereocenters. The Kier molecular flexibility index (Phi) is 4.39. The molecule has 0 N–H and O–H groups in total. The van der Waals surface area contributed by atoms with E-state index in [-0.39, 0.29) is 10.7 Å². The Morgan fingerprint density at radius 3 is 2.43 bits per heavy atom. The highest BCUT2D eigenvalue weighted by atomic mass is 35.5. The summed E-state index contributed by atoms with van der Waals surface area (Å²) >= 11 is 11.8. The monoisotopic (exact) mass is 338 g/mol. The molecular formula is C13H11Cl2F3N2O. The third-order valence-electron chi connectivity index (χ3n) is 2.52. The van der Waals surface area contributed by atoms with Crippen LogP contribution >= 0.6 is 23.2 Å². The van der Waals surface area contributed by atoms with Gasteiger partial charge in [-0.15, -0.1) is 0 Å². The fourth-order valence-electron chi connectivity index (χ4n) is 1.69. The lowest BCUT2D eigenvalue weighted by atomic mass is 10.3. The molecule has 1 heterocycles. The molecule has 3 nitrogen and oxygen atoms in total. The van der Waals surface area contributed by atoms with E-state index in [0.717, 1.165) is 4.68 Å². The molecule has 0 radical (unpaired) electrons. The van der Waals surface area contributed by atoms with E-state index in [1.165, 1.54) is 18.2 Å². The summed E-state index contributed by atoms with van der Waals surface area (Å²) in [6.45, 7) is 3.25. The van der Waals surface area contributed by atoms with Gasteiger partial charge in [-0.05, 0) is 32.0 Å². The van der Waals surface area contributed by atoms with Gasteiger partial charge in [-0.3, -0.25) is 0 Å². The standard InChI is InChI=1S/C13H11Cl2F3N2O/c1-7(2)21-12-9(13(16,17)18)6-19-20(12)11-4-3-8(14)5-10(11)15/h3-7H,1-2H3. The Labute approximate surface area is 129 Å². The predicted molar refractivity (Wildman–Crippen MR) is 74.4 cm³/mol. The molecule has 2 aromatic rings. The van der Waals surface area contributed by atoms with Crippen LogP contribution in [0.15, 0.2) is 24.4 Å². The van der Waals surface area contributed by atoms with Gasteiger partial charge in [0.05, 0.1) is 23.0 Å². The minimum atomic E-state index is -4.57. The van der Waals surface area contributed by atoms with Crippen molar-refractivity contribution >= 4 is 23.2 Å². The molecule has 21 heavy (non-hydrogen) atoms. The van der Waals surface area contributed by atoms with Crippen LogP contribution in [0.3, 0.4) is 0 Å². The molecule has 1 aromatic heterocycles. The fourth-order valence-corrected chi connectivity index (χ4v) is 2.18. The van der Waals surface area contributed by atoms with Crippen LogP contribution < -0.4 is 4.74 Å². The fraction of sp³-hybridized carbons (Fsp3) is 0.308. The lowest BCUT2D eigenvalue weighted by molar-refractivity contribution is -0.139. The number of alkyl halides is 3. The molecule has 0 aliphatic rings. The van der Waals surface area contributed by atoms with Crippen LogP contribution in [-0.2, 0) is 6.18 Å². The second-order valence-electron chi connectivity index (χ2n) is 4.54. The zero-order valence-corrected chi connectivity index (χ0v) is 12.6. The molecule has 0 unspecified atom stereocenters. The molecule has 0 aliphatic heterocycles. The van der Waals surface area contributed by atoms with Gasteiger partial charge in [0.15, 0.2) is 0 Å². The van der Waals surface area contributed by atoms with E-state index in [2.05, 4.69) is 5.10 Å². The number of benzene rings is 1. The van der Waals surface area contributed by atoms with E-state index < -0.39 is 23.7 Å². The Balaban J connectivity index is 2.60. The minimum absolute atomic E-state index is 0.174. The van der Waals surface area contributed by atoms with Gasteiger partial charge in [0, 0.05) is 5.02 Å². The second kappa shape index (κ2) is 5.77. The van der Waals surface area contributed by atoms with E-state index >= 15 is 0 Å². The Hall–Kier alpha value is -1.40. The molecule has 0 saturated carbocycles. The second-order valence-corrected chi connectivity index (χ2v) is 5.38. The van der Waals surface area contributed by atoms with Crippen molar-refractivity contribution in [3.63, 3.8) is 0 Å². The van der Waals surface area contributed by atoms with E-state index in [1.807, 2.05) is 0 Å². The van der Waals surface area contributed by atoms with E-state index in [4.69, 9.17) is 27.9 Å². The van der Waals surface area contributed by atoms with Gasteiger partial charge >= 0.3 is 6.18 Å². The Morgan fingerprint density at radius 2 is 1.90 bits per heavy atom. The number of rotatable bonds is 3. The van der Waals surface area contributed by atoms with Crippen molar-refractivity contribution in [1.29, 1.82) is 0 Å². The number of hydrogen-bond donors (Lipinski definition) is 0. The summed E-state index contributed by atoms with van der Waals surface area (Å²) in [5, 5.41) is 4.29. The van der Waals surface area contributed by atoms with Crippen molar-refractivity contribution in [3.8, 4) is 11.6 Å². The smallest absolute Gasteiger partial charge is 0.423 e. The minimum Gasteiger partial charge on any atom is -0.474 e. The maximum absolute atomic E-state index is 13.0. The highest BCUT2D eigenvalue weighted by Crippen LogP contribution is 2.38. The molecule has 8 heteroatoms. The summed E-state index contributed by atoms with van der Waals surface area (Å²) in [5.74, 6) is -0.401. The third-order valence-corrected chi connectivity index (χ3v) is 3.05. The molecule has 0 amide bonds. The van der Waals surface area contributed by atoms with Crippen LogP contribution in [0.5, 0.6) is 5.88 Å². The van der Waals surface area contributed by atoms with Gasteiger partial charge in [-0.25, -0.2) is 0 Å². The van der Waals surface area contributed by atoms with Crippen LogP contribution in [0, 0.1) is 0 Å². The topological polar surface area (TPSA) is 27.1 Å². The zero-order valence-electron chi connectivity index (χ0n) is 11.1. The molecule has 0 saturated heterocycles. The quantitative estimate of drug-likeness (QED) is 0.788. The highest BCUT2D eigenvalue weighted by molar-refractivity contribution is 6.35. The van der Waals surface area contributed by atoms with Crippen molar-refractivity contribution in [2.45, 2.75) is 26.1 Å². The van der Waals surface area contributed by atoms with Gasteiger partial charge < -0.3 is 4.74 Å². The summed E-state index contributed by atoms with van der Waals surface area (Å²) in [5.41, 5.74) is -0.700.